The first-order valence-electron chi connectivity index (χ1n) is 6.55. The molecule has 1 aromatic carbocycles. The van der Waals surface area contributed by atoms with Crippen molar-refractivity contribution in [2.24, 2.45) is 5.10 Å². The Labute approximate surface area is 148 Å². The Morgan fingerprint density at radius 2 is 2.12 bits per heavy atom. The third kappa shape index (κ3) is 4.98. The molecule has 0 aliphatic rings. The van der Waals surface area contributed by atoms with Crippen LogP contribution < -0.4 is 9.73 Å². The Bertz CT molecular complexity index is 851. The van der Waals surface area contributed by atoms with Crippen LogP contribution in [0.15, 0.2) is 46.1 Å². The summed E-state index contributed by atoms with van der Waals surface area (Å²) in [4.78, 5) is 12.0. The molecular formula is C14H13Cl2N3O4S. The molecule has 0 atom stereocenters. The summed E-state index contributed by atoms with van der Waals surface area (Å²) < 4.78 is 29.8. The van der Waals surface area contributed by atoms with E-state index in [1.54, 1.807) is 12.1 Å². The monoisotopic (exact) mass is 389 g/mol. The number of benzene rings is 1. The normalized spacial score (nSPS) is 11.6. The van der Waals surface area contributed by atoms with Gasteiger partial charge in [0.1, 0.15) is 12.3 Å². The highest BCUT2D eigenvalue weighted by atomic mass is 35.5. The fraction of sp³-hybridized carbons (Fsp3) is 0.143. The van der Waals surface area contributed by atoms with Crippen molar-refractivity contribution in [3.8, 4) is 0 Å². The van der Waals surface area contributed by atoms with Crippen molar-refractivity contribution < 1.29 is 17.6 Å². The number of rotatable bonds is 6. The second kappa shape index (κ2) is 7.69. The highest BCUT2D eigenvalue weighted by Gasteiger charge is 2.23. The maximum absolute atomic E-state index is 12.0. The van der Waals surface area contributed by atoms with Crippen LogP contribution in [-0.2, 0) is 14.8 Å². The number of amides is 1. The molecule has 2 aromatic rings. The molecule has 0 saturated carbocycles. The van der Waals surface area contributed by atoms with Gasteiger partial charge >= 0.3 is 0 Å². The first kappa shape index (κ1) is 18.3. The van der Waals surface area contributed by atoms with Gasteiger partial charge in [0.25, 0.3) is 5.91 Å². The fourth-order valence-electron chi connectivity index (χ4n) is 1.76. The lowest BCUT2D eigenvalue weighted by Crippen LogP contribution is -2.39. The molecule has 1 heterocycles. The summed E-state index contributed by atoms with van der Waals surface area (Å²) >= 11 is 11.9. The molecule has 24 heavy (non-hydrogen) atoms. The summed E-state index contributed by atoms with van der Waals surface area (Å²) in [5.41, 5.74) is 2.32. The summed E-state index contributed by atoms with van der Waals surface area (Å²) in [6.45, 7) is -0.506. The Morgan fingerprint density at radius 1 is 1.38 bits per heavy atom. The smallest absolute Gasteiger partial charge is 0.260 e. The Balaban J connectivity index is 2.15. The minimum absolute atomic E-state index is 0.108. The molecule has 0 aliphatic heterocycles. The maximum Gasteiger partial charge on any atom is 0.260 e. The van der Waals surface area contributed by atoms with Gasteiger partial charge in [-0.25, -0.2) is 13.8 Å². The minimum atomic E-state index is -3.76. The molecule has 0 spiro atoms. The van der Waals surface area contributed by atoms with Crippen LogP contribution in [0.2, 0.25) is 10.0 Å². The molecule has 1 amide bonds. The fourth-order valence-corrected chi connectivity index (χ4v) is 3.05. The summed E-state index contributed by atoms with van der Waals surface area (Å²) in [5.74, 6) is -0.215. The molecule has 0 saturated heterocycles. The molecule has 128 valence electrons. The second-order valence-electron chi connectivity index (χ2n) is 4.67. The predicted molar refractivity (Wildman–Crippen MR) is 93.1 cm³/mol. The molecular weight excluding hydrogens is 377 g/mol. The zero-order valence-corrected chi connectivity index (χ0v) is 14.8. The van der Waals surface area contributed by atoms with Crippen LogP contribution in [0.1, 0.15) is 5.76 Å². The number of nitrogens with one attached hydrogen (secondary N) is 1. The van der Waals surface area contributed by atoms with Gasteiger partial charge in [0.05, 0.1) is 29.4 Å². The maximum atomic E-state index is 12.0. The Hall–Kier alpha value is -2.03. The number of anilines is 1. The van der Waals surface area contributed by atoms with E-state index in [-0.39, 0.29) is 10.7 Å². The van der Waals surface area contributed by atoms with Gasteiger partial charge in [0.2, 0.25) is 10.0 Å². The van der Waals surface area contributed by atoms with E-state index in [4.69, 9.17) is 27.6 Å². The minimum Gasteiger partial charge on any atom is -0.463 e. The van der Waals surface area contributed by atoms with Crippen LogP contribution >= 0.6 is 23.2 Å². The number of hydrogen-bond acceptors (Lipinski definition) is 5. The van der Waals surface area contributed by atoms with E-state index >= 15 is 0 Å². The van der Waals surface area contributed by atoms with Crippen molar-refractivity contribution in [2.45, 2.75) is 0 Å². The molecule has 0 aliphatic carbocycles. The molecule has 0 radical (unpaired) electrons. The second-order valence-corrected chi connectivity index (χ2v) is 7.42. The van der Waals surface area contributed by atoms with Crippen LogP contribution in [-0.4, -0.2) is 33.3 Å². The molecule has 1 aromatic heterocycles. The zero-order valence-electron chi connectivity index (χ0n) is 12.4. The highest BCUT2D eigenvalue weighted by Crippen LogP contribution is 2.30. The van der Waals surface area contributed by atoms with Crippen molar-refractivity contribution in [3.05, 3.63) is 52.4 Å². The van der Waals surface area contributed by atoms with Crippen LogP contribution in [0, 0.1) is 0 Å². The number of hydrazone groups is 1. The van der Waals surface area contributed by atoms with Gasteiger partial charge in [-0.05, 0) is 30.3 Å². The molecule has 0 bridgehead atoms. The van der Waals surface area contributed by atoms with E-state index in [9.17, 15) is 13.2 Å². The van der Waals surface area contributed by atoms with Gasteiger partial charge in [0.15, 0.2) is 0 Å². The van der Waals surface area contributed by atoms with Gasteiger partial charge < -0.3 is 4.42 Å². The van der Waals surface area contributed by atoms with E-state index in [0.717, 1.165) is 10.6 Å². The van der Waals surface area contributed by atoms with Crippen LogP contribution in [0.4, 0.5) is 5.69 Å². The standard InChI is InChI=1S/C14H13Cl2N3O4S/c1-24(21,22)19(13-7-10(15)4-5-12(13)16)9-14(20)18-17-8-11-3-2-6-23-11/h2-8H,9H2,1H3,(H,18,20)/b17-8-. The lowest BCUT2D eigenvalue weighted by atomic mass is 10.3. The lowest BCUT2D eigenvalue weighted by Gasteiger charge is -2.22. The van der Waals surface area contributed by atoms with E-state index in [0.29, 0.717) is 10.8 Å². The lowest BCUT2D eigenvalue weighted by molar-refractivity contribution is -0.119. The van der Waals surface area contributed by atoms with Gasteiger partial charge in [-0.15, -0.1) is 0 Å². The molecule has 10 heteroatoms. The zero-order chi connectivity index (χ0) is 17.7. The number of furan rings is 1. The quantitative estimate of drug-likeness (QED) is 0.606. The average molecular weight is 390 g/mol. The van der Waals surface area contributed by atoms with Crippen molar-refractivity contribution in [1.82, 2.24) is 5.43 Å². The van der Waals surface area contributed by atoms with Crippen molar-refractivity contribution in [1.29, 1.82) is 0 Å². The van der Waals surface area contributed by atoms with Gasteiger partial charge in [-0.1, -0.05) is 23.2 Å². The first-order valence-corrected chi connectivity index (χ1v) is 9.16. The molecule has 0 unspecified atom stereocenters. The molecule has 7 nitrogen and oxygen atoms in total. The van der Waals surface area contributed by atoms with Crippen molar-refractivity contribution in [3.63, 3.8) is 0 Å². The molecule has 1 N–H and O–H groups in total. The van der Waals surface area contributed by atoms with Crippen LogP contribution in [0.3, 0.4) is 0 Å². The predicted octanol–water partition coefficient (Wildman–Crippen LogP) is 2.50. The number of halogens is 2. The highest BCUT2D eigenvalue weighted by molar-refractivity contribution is 7.92. The van der Waals surface area contributed by atoms with Crippen LogP contribution in [0.5, 0.6) is 0 Å². The summed E-state index contributed by atoms with van der Waals surface area (Å²) in [5, 5.41) is 4.12. The number of carbonyl (C=O) groups excluding carboxylic acids is 1. The SMILES string of the molecule is CS(=O)(=O)N(CC(=O)N/N=C\c1ccco1)c1cc(Cl)ccc1Cl. The van der Waals surface area contributed by atoms with Gasteiger partial charge in [-0.3, -0.25) is 9.10 Å². The van der Waals surface area contributed by atoms with E-state index in [2.05, 4.69) is 10.5 Å². The summed E-state index contributed by atoms with van der Waals surface area (Å²) in [7, 11) is -3.76. The third-order valence-electron chi connectivity index (χ3n) is 2.79. The topological polar surface area (TPSA) is 92.0 Å². The van der Waals surface area contributed by atoms with E-state index in [1.807, 2.05) is 0 Å². The van der Waals surface area contributed by atoms with E-state index < -0.39 is 22.5 Å². The summed E-state index contributed by atoms with van der Waals surface area (Å²) in [6.07, 6.45) is 3.70. The Morgan fingerprint density at radius 3 is 2.75 bits per heavy atom. The average Bonchev–Trinajstić information content (AvgIpc) is 3.00. The van der Waals surface area contributed by atoms with Crippen molar-refractivity contribution >= 4 is 51.0 Å². The Kier molecular flexibility index (Phi) is 5.87. The van der Waals surface area contributed by atoms with E-state index in [1.165, 1.54) is 30.7 Å². The summed E-state index contributed by atoms with van der Waals surface area (Å²) in [6, 6.07) is 7.64. The number of sulfonamides is 1. The van der Waals surface area contributed by atoms with Crippen molar-refractivity contribution in [2.75, 3.05) is 17.1 Å². The molecule has 2 rings (SSSR count). The number of carbonyl (C=O) groups is 1. The molecule has 0 fully saturated rings. The largest absolute Gasteiger partial charge is 0.463 e. The number of hydrogen-bond donors (Lipinski definition) is 1. The first-order chi connectivity index (χ1) is 11.3. The third-order valence-corrected chi connectivity index (χ3v) is 4.47. The van der Waals surface area contributed by atoms with Gasteiger partial charge in [0, 0.05) is 5.02 Å². The van der Waals surface area contributed by atoms with Gasteiger partial charge in [-0.2, -0.15) is 5.10 Å². The number of nitrogens with zero attached hydrogens (tertiary/aromatic N) is 2. The van der Waals surface area contributed by atoms with Crippen LogP contribution in [0.25, 0.3) is 0 Å².